The quantitative estimate of drug-likeness (QED) is 0.613. The summed E-state index contributed by atoms with van der Waals surface area (Å²) < 4.78 is 11.2. The van der Waals surface area contributed by atoms with Crippen LogP contribution in [-0.2, 0) is 4.79 Å². The molecule has 0 fully saturated rings. The molecule has 5 heteroatoms. The lowest BCUT2D eigenvalue weighted by atomic mass is 10.3. The second kappa shape index (κ2) is 11.0. The third-order valence-electron chi connectivity index (χ3n) is 2.79. The van der Waals surface area contributed by atoms with E-state index in [9.17, 15) is 4.79 Å². The van der Waals surface area contributed by atoms with E-state index in [4.69, 9.17) is 9.47 Å². The molecule has 0 saturated carbocycles. The van der Waals surface area contributed by atoms with Gasteiger partial charge in [0.25, 0.3) is 0 Å². The molecule has 0 bridgehead atoms. The van der Waals surface area contributed by atoms with Crippen molar-refractivity contribution >= 4 is 5.91 Å². The van der Waals surface area contributed by atoms with Crippen molar-refractivity contribution in [3.05, 3.63) is 24.3 Å². The zero-order valence-electron chi connectivity index (χ0n) is 13.0. The maximum atomic E-state index is 11.4. The number of ether oxygens (including phenoxy) is 2. The second-order valence-electron chi connectivity index (χ2n) is 4.58. The predicted molar refractivity (Wildman–Crippen MR) is 83.9 cm³/mol. The Morgan fingerprint density at radius 1 is 1.05 bits per heavy atom. The standard InChI is InChI=1S/C16H26N2O3/c1-3-10-18-16(19)9-11-17-12-13-21-15-8-6-5-7-14(15)20-4-2/h5-8,17H,3-4,9-13H2,1-2H3,(H,18,19). The molecule has 0 unspecified atom stereocenters. The highest BCUT2D eigenvalue weighted by atomic mass is 16.5. The fourth-order valence-electron chi connectivity index (χ4n) is 1.76. The van der Waals surface area contributed by atoms with Gasteiger partial charge in [0.2, 0.25) is 5.91 Å². The van der Waals surface area contributed by atoms with Crippen LogP contribution in [0, 0.1) is 0 Å². The molecule has 1 amide bonds. The van der Waals surface area contributed by atoms with Crippen LogP contribution in [0.4, 0.5) is 0 Å². The molecule has 0 heterocycles. The van der Waals surface area contributed by atoms with Crippen molar-refractivity contribution in [2.45, 2.75) is 26.7 Å². The van der Waals surface area contributed by atoms with Crippen LogP contribution >= 0.6 is 0 Å². The van der Waals surface area contributed by atoms with Gasteiger partial charge in [-0.15, -0.1) is 0 Å². The number of nitrogens with one attached hydrogen (secondary N) is 2. The minimum Gasteiger partial charge on any atom is -0.490 e. The first-order chi connectivity index (χ1) is 10.3. The summed E-state index contributed by atoms with van der Waals surface area (Å²) in [6.45, 7) is 7.24. The summed E-state index contributed by atoms with van der Waals surface area (Å²) in [6, 6.07) is 7.63. The number of rotatable bonds is 11. The molecule has 0 aliphatic heterocycles. The summed E-state index contributed by atoms with van der Waals surface area (Å²) in [5.74, 6) is 1.60. The minimum absolute atomic E-state index is 0.0898. The first-order valence-electron chi connectivity index (χ1n) is 7.60. The Hall–Kier alpha value is -1.75. The molecular formula is C16H26N2O3. The van der Waals surface area contributed by atoms with E-state index in [1.165, 1.54) is 0 Å². The highest BCUT2D eigenvalue weighted by Gasteiger charge is 2.03. The fourth-order valence-corrected chi connectivity index (χ4v) is 1.76. The zero-order valence-corrected chi connectivity index (χ0v) is 13.0. The molecule has 118 valence electrons. The smallest absolute Gasteiger partial charge is 0.221 e. The maximum absolute atomic E-state index is 11.4. The van der Waals surface area contributed by atoms with Gasteiger partial charge in [0.1, 0.15) is 6.61 Å². The van der Waals surface area contributed by atoms with Gasteiger partial charge in [0.05, 0.1) is 6.61 Å². The van der Waals surface area contributed by atoms with Gasteiger partial charge in [-0.25, -0.2) is 0 Å². The summed E-state index contributed by atoms with van der Waals surface area (Å²) >= 11 is 0. The van der Waals surface area contributed by atoms with E-state index in [1.54, 1.807) is 0 Å². The molecule has 1 aromatic rings. The third-order valence-corrected chi connectivity index (χ3v) is 2.79. The summed E-state index contributed by atoms with van der Waals surface area (Å²) in [7, 11) is 0. The van der Waals surface area contributed by atoms with E-state index in [0.29, 0.717) is 32.7 Å². The van der Waals surface area contributed by atoms with Crippen LogP contribution in [0.25, 0.3) is 0 Å². The maximum Gasteiger partial charge on any atom is 0.221 e. The van der Waals surface area contributed by atoms with Gasteiger partial charge in [-0.2, -0.15) is 0 Å². The van der Waals surface area contributed by atoms with Crippen molar-refractivity contribution in [2.75, 3.05) is 32.8 Å². The van der Waals surface area contributed by atoms with Crippen molar-refractivity contribution in [1.29, 1.82) is 0 Å². The van der Waals surface area contributed by atoms with Crippen LogP contribution in [0.1, 0.15) is 26.7 Å². The third kappa shape index (κ3) is 7.56. The zero-order chi connectivity index (χ0) is 15.3. The monoisotopic (exact) mass is 294 g/mol. The van der Waals surface area contributed by atoms with E-state index < -0.39 is 0 Å². The number of carbonyl (C=O) groups is 1. The van der Waals surface area contributed by atoms with Crippen molar-refractivity contribution in [2.24, 2.45) is 0 Å². The average Bonchev–Trinajstić information content (AvgIpc) is 2.50. The highest BCUT2D eigenvalue weighted by Crippen LogP contribution is 2.25. The van der Waals surface area contributed by atoms with Gasteiger partial charge < -0.3 is 20.1 Å². The Morgan fingerprint density at radius 3 is 2.43 bits per heavy atom. The first-order valence-corrected chi connectivity index (χ1v) is 7.60. The molecule has 0 spiro atoms. The molecule has 0 atom stereocenters. The number of hydrogen-bond acceptors (Lipinski definition) is 4. The number of hydrogen-bond donors (Lipinski definition) is 2. The van der Waals surface area contributed by atoms with Crippen LogP contribution in [0.15, 0.2) is 24.3 Å². The predicted octanol–water partition coefficient (Wildman–Crippen LogP) is 1.97. The van der Waals surface area contributed by atoms with Gasteiger partial charge in [-0.05, 0) is 25.5 Å². The SMILES string of the molecule is CCCNC(=O)CCNCCOc1ccccc1OCC. The van der Waals surface area contributed by atoms with E-state index in [0.717, 1.165) is 24.5 Å². The van der Waals surface area contributed by atoms with Crippen molar-refractivity contribution in [1.82, 2.24) is 10.6 Å². The largest absolute Gasteiger partial charge is 0.490 e. The van der Waals surface area contributed by atoms with E-state index in [1.807, 2.05) is 38.1 Å². The molecule has 5 nitrogen and oxygen atoms in total. The fraction of sp³-hybridized carbons (Fsp3) is 0.562. The van der Waals surface area contributed by atoms with Crippen LogP contribution < -0.4 is 20.1 Å². The molecular weight excluding hydrogens is 268 g/mol. The molecule has 1 rings (SSSR count). The van der Waals surface area contributed by atoms with Gasteiger partial charge in [-0.1, -0.05) is 19.1 Å². The van der Waals surface area contributed by atoms with Crippen LogP contribution in [0.5, 0.6) is 11.5 Å². The van der Waals surface area contributed by atoms with Crippen LogP contribution in [0.3, 0.4) is 0 Å². The van der Waals surface area contributed by atoms with E-state index >= 15 is 0 Å². The Kier molecular flexibility index (Phi) is 9.04. The number of para-hydroxylation sites is 2. The van der Waals surface area contributed by atoms with E-state index in [-0.39, 0.29) is 5.91 Å². The summed E-state index contributed by atoms with van der Waals surface area (Å²) in [5, 5.41) is 6.03. The van der Waals surface area contributed by atoms with Crippen molar-refractivity contribution in [3.8, 4) is 11.5 Å². The Bertz CT molecular complexity index is 410. The van der Waals surface area contributed by atoms with Crippen molar-refractivity contribution in [3.63, 3.8) is 0 Å². The molecule has 0 radical (unpaired) electrons. The van der Waals surface area contributed by atoms with Gasteiger partial charge in [-0.3, -0.25) is 4.79 Å². The molecule has 21 heavy (non-hydrogen) atoms. The van der Waals surface area contributed by atoms with Crippen molar-refractivity contribution < 1.29 is 14.3 Å². The topological polar surface area (TPSA) is 59.6 Å². The Balaban J connectivity index is 2.13. The van der Waals surface area contributed by atoms with Gasteiger partial charge >= 0.3 is 0 Å². The molecule has 1 aromatic carbocycles. The molecule has 0 aromatic heterocycles. The Labute approximate surface area is 127 Å². The lowest BCUT2D eigenvalue weighted by molar-refractivity contribution is -0.120. The number of carbonyl (C=O) groups excluding carboxylic acids is 1. The Morgan fingerprint density at radius 2 is 1.76 bits per heavy atom. The summed E-state index contributed by atoms with van der Waals surface area (Å²) in [4.78, 5) is 11.4. The van der Waals surface area contributed by atoms with Crippen LogP contribution in [-0.4, -0.2) is 38.8 Å². The second-order valence-corrected chi connectivity index (χ2v) is 4.58. The van der Waals surface area contributed by atoms with Gasteiger partial charge in [0, 0.05) is 26.1 Å². The number of benzene rings is 1. The summed E-state index contributed by atoms with van der Waals surface area (Å²) in [5.41, 5.74) is 0. The lowest BCUT2D eigenvalue weighted by Gasteiger charge is -2.11. The normalized spacial score (nSPS) is 10.2. The average molecular weight is 294 g/mol. The lowest BCUT2D eigenvalue weighted by Crippen LogP contribution is -2.29. The first kappa shape index (κ1) is 17.3. The van der Waals surface area contributed by atoms with Crippen LogP contribution in [0.2, 0.25) is 0 Å². The summed E-state index contributed by atoms with van der Waals surface area (Å²) in [6.07, 6.45) is 1.46. The minimum atomic E-state index is 0.0898. The molecule has 0 saturated heterocycles. The molecule has 2 N–H and O–H groups in total. The number of amides is 1. The van der Waals surface area contributed by atoms with E-state index in [2.05, 4.69) is 10.6 Å². The highest BCUT2D eigenvalue weighted by molar-refractivity contribution is 5.75. The molecule has 0 aliphatic rings. The van der Waals surface area contributed by atoms with Gasteiger partial charge in [0.15, 0.2) is 11.5 Å². The molecule has 0 aliphatic carbocycles.